The molecule has 0 aliphatic carbocycles. The number of carbonyl (C=O) groups excluding carboxylic acids is 1. The fourth-order valence-electron chi connectivity index (χ4n) is 2.73. The quantitative estimate of drug-likeness (QED) is 0.397. The number of para-hydroxylation sites is 1. The number of benzene rings is 3. The molecule has 1 unspecified atom stereocenters. The molecule has 3 aromatic carbocycles. The largest absolute Gasteiger partial charge is 0.508 e. The Morgan fingerprint density at radius 2 is 1.71 bits per heavy atom. The molecule has 7 nitrogen and oxygen atoms in total. The highest BCUT2D eigenvalue weighted by molar-refractivity contribution is 8.00. The third-order valence-electron chi connectivity index (χ3n) is 4.30. The van der Waals surface area contributed by atoms with E-state index in [4.69, 9.17) is 0 Å². The van der Waals surface area contributed by atoms with E-state index < -0.39 is 5.25 Å². The molecule has 0 aliphatic rings. The zero-order valence-electron chi connectivity index (χ0n) is 16.5. The summed E-state index contributed by atoms with van der Waals surface area (Å²) >= 11 is 2.85. The van der Waals surface area contributed by atoms with Crippen molar-refractivity contribution in [3.63, 3.8) is 0 Å². The Bertz CT molecular complexity index is 1170. The Morgan fingerprint density at radius 3 is 2.48 bits per heavy atom. The minimum atomic E-state index is -0.434. The molecule has 156 valence electrons. The minimum Gasteiger partial charge on any atom is -0.508 e. The standard InChI is InChI=1S/C22H19N5O2S2/c1-15(30-22-24-25-26-27(22)16-11-13-17(28)14-12-16)21(29)23-19-9-5-6-10-20(19)31-18-7-3-2-4-8-18/h2-15,28H,1H3,(H,23,29). The zero-order chi connectivity index (χ0) is 21.6. The van der Waals surface area contributed by atoms with Crippen LogP contribution in [0.2, 0.25) is 0 Å². The predicted octanol–water partition coefficient (Wildman–Crippen LogP) is 4.64. The summed E-state index contributed by atoms with van der Waals surface area (Å²) in [5, 5.41) is 24.3. The second kappa shape index (κ2) is 9.67. The number of nitrogens with one attached hydrogen (secondary N) is 1. The Labute approximate surface area is 187 Å². The maximum absolute atomic E-state index is 12.9. The molecule has 1 amide bonds. The number of hydrogen-bond acceptors (Lipinski definition) is 7. The summed E-state index contributed by atoms with van der Waals surface area (Å²) in [7, 11) is 0. The Kier molecular flexibility index (Phi) is 6.54. The van der Waals surface area contributed by atoms with Crippen LogP contribution in [-0.2, 0) is 4.79 Å². The maximum atomic E-state index is 12.9. The number of anilines is 1. The van der Waals surface area contributed by atoms with Gasteiger partial charge in [0.25, 0.3) is 0 Å². The van der Waals surface area contributed by atoms with Crippen molar-refractivity contribution < 1.29 is 9.90 Å². The van der Waals surface area contributed by atoms with Gasteiger partial charge in [0.15, 0.2) is 0 Å². The van der Waals surface area contributed by atoms with Gasteiger partial charge >= 0.3 is 0 Å². The van der Waals surface area contributed by atoms with Crippen LogP contribution in [0.5, 0.6) is 5.75 Å². The second-order valence-electron chi connectivity index (χ2n) is 6.55. The summed E-state index contributed by atoms with van der Waals surface area (Å²) in [6, 6.07) is 24.3. The van der Waals surface area contributed by atoms with Crippen molar-refractivity contribution in [3.8, 4) is 11.4 Å². The molecule has 1 heterocycles. The number of phenolic OH excluding ortho intramolecular Hbond substituents is 1. The van der Waals surface area contributed by atoms with E-state index in [1.54, 1.807) is 36.0 Å². The molecule has 0 spiro atoms. The first-order valence-electron chi connectivity index (χ1n) is 9.47. The van der Waals surface area contributed by atoms with Crippen LogP contribution < -0.4 is 5.32 Å². The normalized spacial score (nSPS) is 11.8. The third kappa shape index (κ3) is 5.25. The lowest BCUT2D eigenvalue weighted by Gasteiger charge is -2.14. The van der Waals surface area contributed by atoms with E-state index in [9.17, 15) is 9.90 Å². The van der Waals surface area contributed by atoms with Crippen LogP contribution in [-0.4, -0.2) is 36.5 Å². The van der Waals surface area contributed by atoms with Gasteiger partial charge in [0.1, 0.15) is 5.75 Å². The first kappa shape index (κ1) is 21.0. The van der Waals surface area contributed by atoms with Crippen molar-refractivity contribution in [2.45, 2.75) is 27.1 Å². The van der Waals surface area contributed by atoms with Crippen LogP contribution in [0.3, 0.4) is 0 Å². The molecule has 31 heavy (non-hydrogen) atoms. The third-order valence-corrected chi connectivity index (χ3v) is 6.42. The molecule has 1 aromatic heterocycles. The number of rotatable bonds is 7. The molecule has 0 fully saturated rings. The molecular weight excluding hydrogens is 430 g/mol. The molecular formula is C22H19N5O2S2. The van der Waals surface area contributed by atoms with Crippen molar-refractivity contribution in [2.75, 3.05) is 5.32 Å². The number of nitrogens with zero attached hydrogens (tertiary/aromatic N) is 4. The van der Waals surface area contributed by atoms with Gasteiger partial charge in [-0.15, -0.1) is 5.10 Å². The van der Waals surface area contributed by atoms with Gasteiger partial charge in [-0.1, -0.05) is 53.9 Å². The first-order chi connectivity index (χ1) is 15.1. The molecule has 0 radical (unpaired) electrons. The fourth-order valence-corrected chi connectivity index (χ4v) is 4.46. The summed E-state index contributed by atoms with van der Waals surface area (Å²) in [4.78, 5) is 14.9. The lowest BCUT2D eigenvalue weighted by atomic mass is 10.3. The van der Waals surface area contributed by atoms with E-state index in [1.807, 2.05) is 61.5 Å². The van der Waals surface area contributed by atoms with E-state index >= 15 is 0 Å². The molecule has 4 rings (SSSR count). The number of aromatic nitrogens is 4. The fraction of sp³-hybridized carbons (Fsp3) is 0.0909. The van der Waals surface area contributed by atoms with E-state index in [0.717, 1.165) is 15.5 Å². The molecule has 1 atom stereocenters. The molecule has 0 aliphatic heterocycles. The lowest BCUT2D eigenvalue weighted by Crippen LogP contribution is -2.23. The van der Waals surface area contributed by atoms with Crippen LogP contribution in [0.1, 0.15) is 6.92 Å². The Balaban J connectivity index is 1.46. The lowest BCUT2D eigenvalue weighted by molar-refractivity contribution is -0.115. The summed E-state index contributed by atoms with van der Waals surface area (Å²) < 4.78 is 1.53. The van der Waals surface area contributed by atoms with Crippen molar-refractivity contribution in [1.82, 2.24) is 20.2 Å². The van der Waals surface area contributed by atoms with Crippen molar-refractivity contribution in [3.05, 3.63) is 78.9 Å². The first-order valence-corrected chi connectivity index (χ1v) is 11.2. The van der Waals surface area contributed by atoms with Crippen molar-refractivity contribution >= 4 is 35.1 Å². The van der Waals surface area contributed by atoms with Crippen LogP contribution in [0, 0.1) is 0 Å². The highest BCUT2D eigenvalue weighted by Crippen LogP contribution is 2.34. The second-order valence-corrected chi connectivity index (χ2v) is 8.97. The van der Waals surface area contributed by atoms with Gasteiger partial charge < -0.3 is 10.4 Å². The molecule has 4 aromatic rings. The summed E-state index contributed by atoms with van der Waals surface area (Å²) in [5.41, 5.74) is 1.45. The van der Waals surface area contributed by atoms with Gasteiger partial charge in [0.2, 0.25) is 11.1 Å². The highest BCUT2D eigenvalue weighted by Gasteiger charge is 2.20. The molecule has 0 saturated heterocycles. The predicted molar refractivity (Wildman–Crippen MR) is 122 cm³/mol. The van der Waals surface area contributed by atoms with Gasteiger partial charge in [0, 0.05) is 9.79 Å². The van der Waals surface area contributed by atoms with Gasteiger partial charge in [-0.25, -0.2) is 0 Å². The number of amides is 1. The minimum absolute atomic E-state index is 0.147. The molecule has 2 N–H and O–H groups in total. The van der Waals surface area contributed by atoms with E-state index in [-0.39, 0.29) is 11.7 Å². The van der Waals surface area contributed by atoms with Crippen LogP contribution in [0.25, 0.3) is 5.69 Å². The monoisotopic (exact) mass is 449 g/mol. The number of thioether (sulfide) groups is 1. The van der Waals surface area contributed by atoms with Crippen LogP contribution >= 0.6 is 23.5 Å². The van der Waals surface area contributed by atoms with Gasteiger partial charge in [-0.2, -0.15) is 4.68 Å². The smallest absolute Gasteiger partial charge is 0.237 e. The Hall–Kier alpha value is -3.30. The number of carbonyl (C=O) groups is 1. The average Bonchev–Trinajstić information content (AvgIpc) is 3.24. The van der Waals surface area contributed by atoms with E-state index in [2.05, 4.69) is 20.8 Å². The van der Waals surface area contributed by atoms with Crippen LogP contribution in [0.15, 0.2) is 93.8 Å². The Morgan fingerprint density at radius 1 is 1.00 bits per heavy atom. The van der Waals surface area contributed by atoms with Gasteiger partial charge in [0.05, 0.1) is 16.6 Å². The van der Waals surface area contributed by atoms with Crippen molar-refractivity contribution in [1.29, 1.82) is 0 Å². The number of phenols is 1. The summed E-state index contributed by atoms with van der Waals surface area (Å²) in [6.45, 7) is 1.81. The topological polar surface area (TPSA) is 92.9 Å². The van der Waals surface area contributed by atoms with Crippen molar-refractivity contribution in [2.24, 2.45) is 0 Å². The van der Waals surface area contributed by atoms with Crippen LogP contribution in [0.4, 0.5) is 5.69 Å². The molecule has 0 bridgehead atoms. The SMILES string of the molecule is CC(Sc1nnnn1-c1ccc(O)cc1)C(=O)Nc1ccccc1Sc1ccccc1. The van der Waals surface area contributed by atoms with E-state index in [1.165, 1.54) is 16.4 Å². The summed E-state index contributed by atoms with van der Waals surface area (Å²) in [6.07, 6.45) is 0. The highest BCUT2D eigenvalue weighted by atomic mass is 32.2. The molecule has 9 heteroatoms. The van der Waals surface area contributed by atoms with E-state index in [0.29, 0.717) is 10.8 Å². The number of hydrogen-bond donors (Lipinski definition) is 2. The number of aromatic hydroxyl groups is 1. The average molecular weight is 450 g/mol. The number of tetrazole rings is 1. The zero-order valence-corrected chi connectivity index (χ0v) is 18.2. The summed E-state index contributed by atoms with van der Waals surface area (Å²) in [5.74, 6) is 0.0113. The van der Waals surface area contributed by atoms with Gasteiger partial charge in [-0.3, -0.25) is 4.79 Å². The van der Waals surface area contributed by atoms with Gasteiger partial charge in [-0.05, 0) is 65.9 Å². The molecule has 0 saturated carbocycles. The maximum Gasteiger partial charge on any atom is 0.237 e.